The number of rotatable bonds is 7. The van der Waals surface area contributed by atoms with Crippen LogP contribution in [0.4, 0.5) is 0 Å². The Labute approximate surface area is 165 Å². The van der Waals surface area contributed by atoms with Gasteiger partial charge in [-0.3, -0.25) is 14.6 Å². The maximum absolute atomic E-state index is 12.3. The average molecular weight is 400 g/mol. The van der Waals surface area contributed by atoms with Crippen LogP contribution in [0.1, 0.15) is 30.6 Å². The largest absolute Gasteiger partial charge is 0.383 e. The summed E-state index contributed by atoms with van der Waals surface area (Å²) in [7, 11) is 1.66. The monoisotopic (exact) mass is 399 g/mol. The van der Waals surface area contributed by atoms with Gasteiger partial charge in [-0.15, -0.1) is 11.3 Å². The molecule has 3 rings (SSSR count). The van der Waals surface area contributed by atoms with E-state index in [0.717, 1.165) is 49.9 Å². The molecule has 146 valence electrons. The summed E-state index contributed by atoms with van der Waals surface area (Å²) in [5.74, 6) is 0.325. The van der Waals surface area contributed by atoms with Gasteiger partial charge < -0.3 is 10.1 Å². The minimum atomic E-state index is 0.131. The van der Waals surface area contributed by atoms with E-state index in [4.69, 9.17) is 16.3 Å². The van der Waals surface area contributed by atoms with Gasteiger partial charge in [0.1, 0.15) is 0 Å². The van der Waals surface area contributed by atoms with Crippen LogP contribution >= 0.6 is 22.9 Å². The fraction of sp³-hybridized carbons (Fsp3) is 0.737. The van der Waals surface area contributed by atoms with Crippen molar-refractivity contribution < 1.29 is 9.53 Å². The van der Waals surface area contributed by atoms with Crippen LogP contribution in [0.5, 0.6) is 0 Å². The summed E-state index contributed by atoms with van der Waals surface area (Å²) in [6.45, 7) is 6.49. The normalized spacial score (nSPS) is 23.2. The lowest BCUT2D eigenvalue weighted by atomic mass is 9.93. The number of hydrogen-bond donors (Lipinski definition) is 1. The highest BCUT2D eigenvalue weighted by Crippen LogP contribution is 2.27. The minimum Gasteiger partial charge on any atom is -0.383 e. The van der Waals surface area contributed by atoms with Gasteiger partial charge in [-0.05, 0) is 44.4 Å². The van der Waals surface area contributed by atoms with E-state index < -0.39 is 0 Å². The molecule has 0 aliphatic carbocycles. The molecule has 0 spiro atoms. The van der Waals surface area contributed by atoms with Crippen molar-refractivity contribution in [2.24, 2.45) is 5.92 Å². The molecular formula is C19H30ClN3O2S. The molecule has 1 aromatic heterocycles. The van der Waals surface area contributed by atoms with Crippen molar-refractivity contribution in [2.45, 2.75) is 38.3 Å². The molecule has 1 N–H and O–H groups in total. The van der Waals surface area contributed by atoms with Gasteiger partial charge in [-0.2, -0.15) is 0 Å². The Morgan fingerprint density at radius 2 is 2.12 bits per heavy atom. The van der Waals surface area contributed by atoms with Crippen molar-refractivity contribution in [1.82, 2.24) is 15.1 Å². The number of carbonyl (C=O) groups is 1. The summed E-state index contributed by atoms with van der Waals surface area (Å²) in [6.07, 6.45) is 4.51. The Morgan fingerprint density at radius 1 is 1.31 bits per heavy atom. The number of ether oxygens (including phenoxy) is 1. The third kappa shape index (κ3) is 5.67. The van der Waals surface area contributed by atoms with Crippen LogP contribution in [0.3, 0.4) is 0 Å². The van der Waals surface area contributed by atoms with Gasteiger partial charge in [0.25, 0.3) is 0 Å². The molecule has 1 aromatic rings. The lowest BCUT2D eigenvalue weighted by Gasteiger charge is -2.42. The topological polar surface area (TPSA) is 44.8 Å². The van der Waals surface area contributed by atoms with Crippen molar-refractivity contribution in [2.75, 3.05) is 46.4 Å². The van der Waals surface area contributed by atoms with Gasteiger partial charge >= 0.3 is 0 Å². The molecule has 3 heterocycles. The third-order valence-corrected chi connectivity index (χ3v) is 6.73. The maximum Gasteiger partial charge on any atom is 0.224 e. The predicted octanol–water partition coefficient (Wildman–Crippen LogP) is 2.84. The number of halogens is 1. The molecule has 1 amide bonds. The van der Waals surface area contributed by atoms with Crippen molar-refractivity contribution in [3.05, 3.63) is 21.3 Å². The molecule has 2 aliphatic rings. The lowest BCUT2D eigenvalue weighted by molar-refractivity contribution is -0.127. The zero-order valence-corrected chi connectivity index (χ0v) is 17.2. The molecule has 0 bridgehead atoms. The average Bonchev–Trinajstić information content (AvgIpc) is 3.07. The smallest absolute Gasteiger partial charge is 0.224 e. The first kappa shape index (κ1) is 20.1. The van der Waals surface area contributed by atoms with E-state index in [1.54, 1.807) is 18.4 Å². The molecule has 2 fully saturated rings. The zero-order chi connectivity index (χ0) is 18.4. The predicted molar refractivity (Wildman–Crippen MR) is 107 cm³/mol. The number of piperidine rings is 2. The second kappa shape index (κ2) is 10.0. The summed E-state index contributed by atoms with van der Waals surface area (Å²) in [5.41, 5.74) is 0. The highest BCUT2D eigenvalue weighted by atomic mass is 35.5. The minimum absolute atomic E-state index is 0.131. The Bertz CT molecular complexity index is 575. The van der Waals surface area contributed by atoms with Gasteiger partial charge in [-0.1, -0.05) is 11.6 Å². The molecule has 5 nitrogen and oxygen atoms in total. The van der Waals surface area contributed by atoms with Crippen LogP contribution in [-0.2, 0) is 16.1 Å². The first-order valence-electron chi connectivity index (χ1n) is 9.63. The number of nitrogens with one attached hydrogen (secondary N) is 1. The molecule has 0 saturated carbocycles. The molecule has 0 radical (unpaired) electrons. The number of carbonyl (C=O) groups excluding carboxylic acids is 1. The maximum atomic E-state index is 12.3. The SMILES string of the molecule is COCCNC(=O)C1CCCN(C2CCN(Cc3ccc(Cl)s3)CC2)C1. The van der Waals surface area contributed by atoms with Crippen LogP contribution in [0.2, 0.25) is 4.34 Å². The van der Waals surface area contributed by atoms with Gasteiger partial charge in [0.2, 0.25) is 5.91 Å². The molecule has 1 atom stereocenters. The summed E-state index contributed by atoms with van der Waals surface area (Å²) >= 11 is 7.72. The Balaban J connectivity index is 1.42. The van der Waals surface area contributed by atoms with Crippen LogP contribution in [0.25, 0.3) is 0 Å². The summed E-state index contributed by atoms with van der Waals surface area (Å²) in [4.78, 5) is 18.8. The molecule has 1 unspecified atom stereocenters. The number of methoxy groups -OCH3 is 1. The van der Waals surface area contributed by atoms with E-state index in [1.165, 1.54) is 17.7 Å². The molecule has 26 heavy (non-hydrogen) atoms. The van der Waals surface area contributed by atoms with Gasteiger partial charge in [-0.25, -0.2) is 0 Å². The Hall–Kier alpha value is -0.660. The number of nitrogens with zero attached hydrogens (tertiary/aromatic N) is 2. The quantitative estimate of drug-likeness (QED) is 0.716. The van der Waals surface area contributed by atoms with Gasteiger partial charge in [0.15, 0.2) is 0 Å². The van der Waals surface area contributed by atoms with Gasteiger partial charge in [0, 0.05) is 50.8 Å². The summed E-state index contributed by atoms with van der Waals surface area (Å²) in [5, 5.41) is 3.00. The van der Waals surface area contributed by atoms with E-state index >= 15 is 0 Å². The molecule has 2 aliphatic heterocycles. The fourth-order valence-electron chi connectivity index (χ4n) is 4.07. The second-order valence-corrected chi connectivity index (χ2v) is 9.13. The molecule has 0 aromatic carbocycles. The van der Waals surface area contributed by atoms with Crippen molar-refractivity contribution in [3.63, 3.8) is 0 Å². The first-order valence-corrected chi connectivity index (χ1v) is 10.8. The first-order chi connectivity index (χ1) is 12.7. The number of likely N-dealkylation sites (tertiary alicyclic amines) is 2. The second-order valence-electron chi connectivity index (χ2n) is 7.33. The van der Waals surface area contributed by atoms with Gasteiger partial charge in [0.05, 0.1) is 16.9 Å². The highest BCUT2D eigenvalue weighted by Gasteiger charge is 2.31. The van der Waals surface area contributed by atoms with E-state index in [0.29, 0.717) is 19.2 Å². The van der Waals surface area contributed by atoms with Crippen molar-refractivity contribution in [1.29, 1.82) is 0 Å². The van der Waals surface area contributed by atoms with E-state index in [9.17, 15) is 4.79 Å². The molecular weight excluding hydrogens is 370 g/mol. The van der Waals surface area contributed by atoms with Crippen molar-refractivity contribution >= 4 is 28.8 Å². The summed E-state index contributed by atoms with van der Waals surface area (Å²) < 4.78 is 5.89. The zero-order valence-electron chi connectivity index (χ0n) is 15.6. The van der Waals surface area contributed by atoms with Crippen molar-refractivity contribution in [3.8, 4) is 0 Å². The van der Waals surface area contributed by atoms with E-state index in [2.05, 4.69) is 21.2 Å². The lowest BCUT2D eigenvalue weighted by Crippen LogP contribution is -2.50. The number of amides is 1. The summed E-state index contributed by atoms with van der Waals surface area (Å²) in [6, 6.07) is 4.74. The van der Waals surface area contributed by atoms with E-state index in [1.807, 2.05) is 6.07 Å². The van der Waals surface area contributed by atoms with Crippen LogP contribution in [0, 0.1) is 5.92 Å². The fourth-order valence-corrected chi connectivity index (χ4v) is 5.20. The Morgan fingerprint density at radius 3 is 2.81 bits per heavy atom. The van der Waals surface area contributed by atoms with E-state index in [-0.39, 0.29) is 11.8 Å². The van der Waals surface area contributed by atoms with Crippen LogP contribution < -0.4 is 5.32 Å². The number of hydrogen-bond acceptors (Lipinski definition) is 5. The molecule has 2 saturated heterocycles. The van der Waals surface area contributed by atoms with Crippen LogP contribution in [-0.4, -0.2) is 68.2 Å². The van der Waals surface area contributed by atoms with Crippen LogP contribution in [0.15, 0.2) is 12.1 Å². The molecule has 7 heteroatoms. The number of thiophene rings is 1. The highest BCUT2D eigenvalue weighted by molar-refractivity contribution is 7.16. The Kier molecular flexibility index (Phi) is 7.76. The third-order valence-electron chi connectivity index (χ3n) is 5.51. The standard InChI is InChI=1S/C19H30ClN3O2S/c1-25-12-8-21-19(24)15-3-2-9-23(13-15)16-6-10-22(11-7-16)14-17-4-5-18(20)26-17/h4-5,15-16H,2-3,6-14H2,1H3,(H,21,24).